The van der Waals surface area contributed by atoms with Crippen molar-refractivity contribution in [1.29, 1.82) is 0 Å². The summed E-state index contributed by atoms with van der Waals surface area (Å²) in [6.07, 6.45) is 3.06. The first-order valence-corrected chi connectivity index (χ1v) is 7.13. The molecule has 4 nitrogen and oxygen atoms in total. The summed E-state index contributed by atoms with van der Waals surface area (Å²) in [5, 5.41) is 3.48. The van der Waals surface area contributed by atoms with Gasteiger partial charge in [-0.1, -0.05) is 27.2 Å². The normalized spacial score (nSPS) is 27.6. The van der Waals surface area contributed by atoms with Crippen LogP contribution in [0.2, 0.25) is 0 Å². The van der Waals surface area contributed by atoms with Gasteiger partial charge in [0, 0.05) is 19.8 Å². The molecule has 0 bridgehead atoms. The lowest BCUT2D eigenvalue weighted by molar-refractivity contribution is -0.133. The quantitative estimate of drug-likeness (QED) is 0.757. The predicted molar refractivity (Wildman–Crippen MR) is 73.3 cm³/mol. The lowest BCUT2D eigenvalue weighted by atomic mass is 9.99. The van der Waals surface area contributed by atoms with Crippen LogP contribution >= 0.6 is 0 Å². The summed E-state index contributed by atoms with van der Waals surface area (Å²) in [6, 6.07) is 0.230. The number of amides is 1. The Bertz CT molecular complexity index is 271. The number of rotatable bonds is 7. The minimum Gasteiger partial charge on any atom is -0.385 e. The van der Waals surface area contributed by atoms with E-state index in [1.54, 1.807) is 7.11 Å². The number of methoxy groups -OCH3 is 1. The van der Waals surface area contributed by atoms with Crippen LogP contribution in [0.25, 0.3) is 0 Å². The Kier molecular flexibility index (Phi) is 6.09. The summed E-state index contributed by atoms with van der Waals surface area (Å²) in [5.41, 5.74) is 0. The van der Waals surface area contributed by atoms with Crippen LogP contribution in [0.3, 0.4) is 0 Å². The molecule has 4 heteroatoms. The second kappa shape index (κ2) is 7.10. The molecule has 106 valence electrons. The Labute approximate surface area is 111 Å². The van der Waals surface area contributed by atoms with Gasteiger partial charge in [0.2, 0.25) is 5.91 Å². The summed E-state index contributed by atoms with van der Waals surface area (Å²) in [6.45, 7) is 9.22. The monoisotopic (exact) mass is 256 g/mol. The highest BCUT2D eigenvalue weighted by molar-refractivity contribution is 5.84. The van der Waals surface area contributed by atoms with Crippen molar-refractivity contribution in [3.05, 3.63) is 0 Å². The van der Waals surface area contributed by atoms with Crippen LogP contribution in [0.4, 0.5) is 0 Å². The predicted octanol–water partition coefficient (Wildman–Crippen LogP) is 1.99. The molecule has 1 N–H and O–H groups in total. The largest absolute Gasteiger partial charge is 0.385 e. The maximum Gasteiger partial charge on any atom is 0.241 e. The van der Waals surface area contributed by atoms with Gasteiger partial charge in [0.1, 0.15) is 0 Å². The first-order chi connectivity index (χ1) is 8.56. The highest BCUT2D eigenvalue weighted by Gasteiger charge is 2.41. The van der Waals surface area contributed by atoms with Crippen molar-refractivity contribution in [1.82, 2.24) is 10.2 Å². The summed E-state index contributed by atoms with van der Waals surface area (Å²) in [5.74, 6) is 0.658. The van der Waals surface area contributed by atoms with E-state index in [9.17, 15) is 4.79 Å². The maximum absolute atomic E-state index is 12.5. The Morgan fingerprint density at radius 3 is 2.56 bits per heavy atom. The van der Waals surface area contributed by atoms with Gasteiger partial charge in [-0.2, -0.15) is 0 Å². The van der Waals surface area contributed by atoms with Crippen LogP contribution in [0.15, 0.2) is 0 Å². The minimum absolute atomic E-state index is 0.00931. The minimum atomic E-state index is -0.00931. The molecule has 1 rings (SSSR count). The van der Waals surface area contributed by atoms with E-state index in [-0.39, 0.29) is 24.2 Å². The molecule has 0 radical (unpaired) electrons. The molecule has 0 aromatic heterocycles. The highest BCUT2D eigenvalue weighted by Crippen LogP contribution is 2.24. The topological polar surface area (TPSA) is 41.6 Å². The molecule has 1 amide bonds. The van der Waals surface area contributed by atoms with Gasteiger partial charge in [-0.05, 0) is 25.7 Å². The SMILES string of the molecule is CCC(C)C1NC(CC)N(C(C)CCOC)C1=O. The molecule has 0 saturated carbocycles. The molecule has 1 aliphatic rings. The van der Waals surface area contributed by atoms with Gasteiger partial charge < -0.3 is 9.64 Å². The zero-order chi connectivity index (χ0) is 13.7. The van der Waals surface area contributed by atoms with Crippen molar-refractivity contribution >= 4 is 5.91 Å². The fraction of sp³-hybridized carbons (Fsp3) is 0.929. The molecule has 1 fully saturated rings. The van der Waals surface area contributed by atoms with Gasteiger partial charge in [-0.3, -0.25) is 10.1 Å². The summed E-state index contributed by atoms with van der Waals surface area (Å²) < 4.78 is 5.11. The number of hydrogen-bond acceptors (Lipinski definition) is 3. The molecule has 1 saturated heterocycles. The van der Waals surface area contributed by atoms with Crippen LogP contribution in [-0.2, 0) is 9.53 Å². The molecule has 18 heavy (non-hydrogen) atoms. The Morgan fingerprint density at radius 2 is 2.06 bits per heavy atom. The molecule has 1 heterocycles. The second-order valence-electron chi connectivity index (χ2n) is 5.33. The smallest absolute Gasteiger partial charge is 0.241 e. The number of ether oxygens (including phenoxy) is 1. The van der Waals surface area contributed by atoms with Crippen LogP contribution in [0, 0.1) is 5.92 Å². The Morgan fingerprint density at radius 1 is 1.39 bits per heavy atom. The summed E-state index contributed by atoms with van der Waals surface area (Å²) in [7, 11) is 1.70. The standard InChI is InChI=1S/C14H28N2O2/c1-6-10(3)13-14(17)16(12(7-2)15-13)11(4)8-9-18-5/h10-13,15H,6-9H2,1-5H3. The summed E-state index contributed by atoms with van der Waals surface area (Å²) >= 11 is 0. The van der Waals surface area contributed by atoms with Gasteiger partial charge >= 0.3 is 0 Å². The van der Waals surface area contributed by atoms with E-state index < -0.39 is 0 Å². The third kappa shape index (κ3) is 3.23. The average molecular weight is 256 g/mol. The molecular weight excluding hydrogens is 228 g/mol. The number of nitrogens with zero attached hydrogens (tertiary/aromatic N) is 1. The van der Waals surface area contributed by atoms with Crippen molar-refractivity contribution < 1.29 is 9.53 Å². The molecule has 0 aromatic rings. The second-order valence-corrected chi connectivity index (χ2v) is 5.33. The van der Waals surface area contributed by atoms with E-state index in [1.165, 1.54) is 0 Å². The van der Waals surface area contributed by atoms with Crippen LogP contribution in [0.1, 0.15) is 47.0 Å². The first-order valence-electron chi connectivity index (χ1n) is 7.13. The highest BCUT2D eigenvalue weighted by atomic mass is 16.5. The van der Waals surface area contributed by atoms with E-state index in [2.05, 4.69) is 33.0 Å². The maximum atomic E-state index is 12.5. The van der Waals surface area contributed by atoms with Crippen molar-refractivity contribution in [3.8, 4) is 0 Å². The molecule has 4 atom stereocenters. The van der Waals surface area contributed by atoms with Crippen LogP contribution in [-0.4, -0.2) is 42.8 Å². The van der Waals surface area contributed by atoms with Gasteiger partial charge in [0.05, 0.1) is 12.2 Å². The fourth-order valence-electron chi connectivity index (χ4n) is 2.58. The first kappa shape index (κ1) is 15.4. The van der Waals surface area contributed by atoms with E-state index >= 15 is 0 Å². The lowest BCUT2D eigenvalue weighted by Crippen LogP contribution is -2.43. The zero-order valence-electron chi connectivity index (χ0n) is 12.4. The van der Waals surface area contributed by atoms with Gasteiger partial charge in [-0.25, -0.2) is 0 Å². The van der Waals surface area contributed by atoms with Crippen LogP contribution in [0.5, 0.6) is 0 Å². The zero-order valence-corrected chi connectivity index (χ0v) is 12.4. The summed E-state index contributed by atoms with van der Waals surface area (Å²) in [4.78, 5) is 14.5. The molecule has 0 aromatic carbocycles. The average Bonchev–Trinajstić information content (AvgIpc) is 2.72. The molecule has 1 aliphatic heterocycles. The van der Waals surface area contributed by atoms with E-state index in [0.717, 1.165) is 19.3 Å². The van der Waals surface area contributed by atoms with Crippen molar-refractivity contribution in [3.63, 3.8) is 0 Å². The van der Waals surface area contributed by atoms with Crippen molar-refractivity contribution in [2.24, 2.45) is 5.92 Å². The van der Waals surface area contributed by atoms with Gasteiger partial charge in [0.25, 0.3) is 0 Å². The van der Waals surface area contributed by atoms with Crippen molar-refractivity contribution in [2.75, 3.05) is 13.7 Å². The van der Waals surface area contributed by atoms with E-state index in [1.807, 2.05) is 4.90 Å². The molecule has 4 unspecified atom stereocenters. The number of nitrogens with one attached hydrogen (secondary N) is 1. The molecule has 0 spiro atoms. The van der Waals surface area contributed by atoms with E-state index in [4.69, 9.17) is 4.74 Å². The van der Waals surface area contributed by atoms with E-state index in [0.29, 0.717) is 12.5 Å². The Hall–Kier alpha value is -0.610. The van der Waals surface area contributed by atoms with Gasteiger partial charge in [0.15, 0.2) is 0 Å². The number of carbonyl (C=O) groups is 1. The third-order valence-corrected chi connectivity index (χ3v) is 4.04. The fourth-order valence-corrected chi connectivity index (χ4v) is 2.58. The van der Waals surface area contributed by atoms with Crippen molar-refractivity contribution in [2.45, 2.75) is 65.2 Å². The third-order valence-electron chi connectivity index (χ3n) is 4.04. The molecular formula is C14H28N2O2. The molecule has 0 aliphatic carbocycles. The number of carbonyl (C=O) groups excluding carboxylic acids is 1. The lowest BCUT2D eigenvalue weighted by Gasteiger charge is -2.29. The Balaban J connectivity index is 2.73. The van der Waals surface area contributed by atoms with Gasteiger partial charge in [-0.15, -0.1) is 0 Å². The number of hydrogen-bond donors (Lipinski definition) is 1. The van der Waals surface area contributed by atoms with Crippen LogP contribution < -0.4 is 5.32 Å².